The maximum absolute atomic E-state index is 13.2. The van der Waals surface area contributed by atoms with E-state index >= 15 is 0 Å². The molecule has 0 bridgehead atoms. The Labute approximate surface area is 146 Å². The highest BCUT2D eigenvalue weighted by Gasteiger charge is 2.35. The smallest absolute Gasteiger partial charge is 0.346 e. The van der Waals surface area contributed by atoms with E-state index in [1.54, 1.807) is 4.68 Å². The Hall–Kier alpha value is -2.91. The van der Waals surface area contributed by atoms with Crippen LogP contribution in [0.3, 0.4) is 0 Å². The Morgan fingerprint density at radius 1 is 1.23 bits per heavy atom. The van der Waals surface area contributed by atoms with E-state index in [0.29, 0.717) is 11.1 Å². The van der Waals surface area contributed by atoms with Crippen LogP contribution in [0.25, 0.3) is 5.65 Å². The van der Waals surface area contributed by atoms with Gasteiger partial charge in [0, 0.05) is 36.6 Å². The molecule has 0 saturated heterocycles. The van der Waals surface area contributed by atoms with E-state index in [9.17, 15) is 18.0 Å². The monoisotopic (exact) mass is 366 g/mol. The third-order valence-electron chi connectivity index (χ3n) is 3.89. The lowest BCUT2D eigenvalue weighted by molar-refractivity contribution is -0.142. The molecule has 138 valence electrons. The van der Waals surface area contributed by atoms with Crippen molar-refractivity contribution >= 4 is 11.6 Å². The van der Waals surface area contributed by atoms with Crippen LogP contribution >= 0.6 is 0 Å². The number of halogens is 3. The number of rotatable bonds is 4. The Morgan fingerprint density at radius 3 is 2.58 bits per heavy atom. The largest absolute Gasteiger partial charge is 0.433 e. The molecule has 0 fully saturated rings. The fourth-order valence-electron chi connectivity index (χ4n) is 2.57. The highest BCUT2D eigenvalue weighted by atomic mass is 19.4. The predicted octanol–water partition coefficient (Wildman–Crippen LogP) is 2.51. The summed E-state index contributed by atoms with van der Waals surface area (Å²) >= 11 is 0. The van der Waals surface area contributed by atoms with Gasteiger partial charge in [0.05, 0.1) is 5.69 Å². The van der Waals surface area contributed by atoms with Crippen molar-refractivity contribution in [3.05, 3.63) is 46.7 Å². The third-order valence-corrected chi connectivity index (χ3v) is 3.89. The molecule has 7 nitrogen and oxygen atoms in total. The SMILES string of the molecule is CCn1cc(CNC(=O)c2cc3nc(C)cc(C(F)(F)F)n3n2)c(C)n1. The first kappa shape index (κ1) is 17.9. The summed E-state index contributed by atoms with van der Waals surface area (Å²) in [6.45, 7) is 6.12. The Kier molecular flexibility index (Phi) is 4.43. The van der Waals surface area contributed by atoms with Crippen molar-refractivity contribution in [2.75, 3.05) is 0 Å². The van der Waals surface area contributed by atoms with E-state index in [1.807, 2.05) is 20.0 Å². The highest BCUT2D eigenvalue weighted by Crippen LogP contribution is 2.29. The van der Waals surface area contributed by atoms with E-state index in [0.717, 1.165) is 17.3 Å². The minimum Gasteiger partial charge on any atom is -0.346 e. The van der Waals surface area contributed by atoms with Gasteiger partial charge in [-0.05, 0) is 26.8 Å². The molecule has 0 atom stereocenters. The zero-order chi connectivity index (χ0) is 19.1. The second-order valence-corrected chi connectivity index (χ2v) is 5.86. The molecule has 3 aromatic rings. The molecule has 0 aliphatic rings. The number of amides is 1. The molecule has 3 aromatic heterocycles. The maximum Gasteiger partial charge on any atom is 0.433 e. The van der Waals surface area contributed by atoms with E-state index < -0.39 is 17.8 Å². The second-order valence-electron chi connectivity index (χ2n) is 5.86. The molecule has 1 amide bonds. The first-order valence-electron chi connectivity index (χ1n) is 7.94. The molecule has 0 aliphatic heterocycles. The van der Waals surface area contributed by atoms with Gasteiger partial charge >= 0.3 is 6.18 Å². The first-order valence-corrected chi connectivity index (χ1v) is 7.94. The van der Waals surface area contributed by atoms with Gasteiger partial charge in [0.15, 0.2) is 11.3 Å². The summed E-state index contributed by atoms with van der Waals surface area (Å²) in [5.74, 6) is -0.579. The number of aromatic nitrogens is 5. The molecular formula is C16H17F3N6O. The van der Waals surface area contributed by atoms with Crippen LogP contribution in [0.4, 0.5) is 13.2 Å². The van der Waals surface area contributed by atoms with Crippen LogP contribution in [-0.2, 0) is 19.3 Å². The third kappa shape index (κ3) is 3.39. The van der Waals surface area contributed by atoms with Gasteiger partial charge in [-0.2, -0.15) is 23.4 Å². The number of carbonyl (C=O) groups is 1. The quantitative estimate of drug-likeness (QED) is 0.770. The minimum atomic E-state index is -4.60. The summed E-state index contributed by atoms with van der Waals surface area (Å²) in [6, 6.07) is 2.13. The van der Waals surface area contributed by atoms with Gasteiger partial charge in [0.1, 0.15) is 5.69 Å². The van der Waals surface area contributed by atoms with Crippen molar-refractivity contribution in [1.82, 2.24) is 29.7 Å². The molecule has 3 rings (SSSR count). The number of nitrogens with zero attached hydrogens (tertiary/aromatic N) is 5. The molecular weight excluding hydrogens is 349 g/mol. The minimum absolute atomic E-state index is 0.0301. The molecule has 0 aliphatic carbocycles. The van der Waals surface area contributed by atoms with E-state index in [1.165, 1.54) is 13.0 Å². The Morgan fingerprint density at radius 2 is 1.96 bits per heavy atom. The Balaban J connectivity index is 1.86. The maximum atomic E-state index is 13.2. The number of nitrogens with one attached hydrogen (secondary N) is 1. The van der Waals surface area contributed by atoms with Crippen molar-refractivity contribution < 1.29 is 18.0 Å². The number of aryl methyl sites for hydroxylation is 3. The molecule has 0 unspecified atom stereocenters. The fourth-order valence-corrected chi connectivity index (χ4v) is 2.57. The zero-order valence-corrected chi connectivity index (χ0v) is 14.4. The average molecular weight is 366 g/mol. The van der Waals surface area contributed by atoms with Crippen molar-refractivity contribution in [2.24, 2.45) is 0 Å². The number of alkyl halides is 3. The topological polar surface area (TPSA) is 77.1 Å². The lowest BCUT2D eigenvalue weighted by atomic mass is 10.2. The fraction of sp³-hybridized carbons (Fsp3) is 0.375. The molecule has 3 heterocycles. The summed E-state index contributed by atoms with van der Waals surface area (Å²) in [6.07, 6.45) is -2.79. The van der Waals surface area contributed by atoms with Gasteiger partial charge in [-0.1, -0.05) is 0 Å². The van der Waals surface area contributed by atoms with Crippen LogP contribution in [0.15, 0.2) is 18.3 Å². The van der Waals surface area contributed by atoms with Crippen molar-refractivity contribution in [3.8, 4) is 0 Å². The number of hydrogen-bond donors (Lipinski definition) is 1. The van der Waals surface area contributed by atoms with E-state index in [2.05, 4.69) is 20.5 Å². The summed E-state index contributed by atoms with van der Waals surface area (Å²) < 4.78 is 41.9. The zero-order valence-electron chi connectivity index (χ0n) is 14.4. The van der Waals surface area contributed by atoms with Gasteiger partial charge in [0.25, 0.3) is 5.91 Å². The lowest BCUT2D eigenvalue weighted by Gasteiger charge is -2.09. The second kappa shape index (κ2) is 6.43. The van der Waals surface area contributed by atoms with Crippen molar-refractivity contribution in [1.29, 1.82) is 0 Å². The van der Waals surface area contributed by atoms with Crippen LogP contribution in [-0.4, -0.2) is 30.3 Å². The molecule has 0 aromatic carbocycles. The van der Waals surface area contributed by atoms with Crippen molar-refractivity contribution in [3.63, 3.8) is 0 Å². The van der Waals surface area contributed by atoms with Crippen LogP contribution < -0.4 is 5.32 Å². The van der Waals surface area contributed by atoms with E-state index in [-0.39, 0.29) is 23.6 Å². The van der Waals surface area contributed by atoms with Gasteiger partial charge in [-0.25, -0.2) is 9.50 Å². The number of fused-ring (bicyclic) bond motifs is 1. The molecule has 0 radical (unpaired) electrons. The van der Waals surface area contributed by atoms with Gasteiger partial charge in [0.2, 0.25) is 0 Å². The van der Waals surface area contributed by atoms with Crippen LogP contribution in [0, 0.1) is 13.8 Å². The predicted molar refractivity (Wildman–Crippen MR) is 86.5 cm³/mol. The normalized spacial score (nSPS) is 11.9. The van der Waals surface area contributed by atoms with Crippen LogP contribution in [0.1, 0.15) is 40.1 Å². The van der Waals surface area contributed by atoms with Crippen LogP contribution in [0.2, 0.25) is 0 Å². The lowest BCUT2D eigenvalue weighted by Crippen LogP contribution is -2.23. The molecule has 0 saturated carbocycles. The average Bonchev–Trinajstić information content (AvgIpc) is 3.14. The Bertz CT molecular complexity index is 972. The van der Waals surface area contributed by atoms with Crippen LogP contribution in [0.5, 0.6) is 0 Å². The standard InChI is InChI=1S/C16H17F3N6O/c1-4-24-8-11(10(3)22-24)7-20-15(26)12-6-14-21-9(2)5-13(16(17,18)19)25(14)23-12/h5-6,8H,4,7H2,1-3H3,(H,20,26). The summed E-state index contributed by atoms with van der Waals surface area (Å²) in [7, 11) is 0. The number of hydrogen-bond acceptors (Lipinski definition) is 4. The van der Waals surface area contributed by atoms with Gasteiger partial charge in [-0.15, -0.1) is 0 Å². The van der Waals surface area contributed by atoms with Crippen molar-refractivity contribution in [2.45, 2.75) is 40.0 Å². The van der Waals surface area contributed by atoms with Gasteiger partial charge in [-0.3, -0.25) is 9.48 Å². The molecule has 10 heteroatoms. The first-order chi connectivity index (χ1) is 12.2. The number of carbonyl (C=O) groups excluding carboxylic acids is 1. The van der Waals surface area contributed by atoms with Gasteiger partial charge < -0.3 is 5.32 Å². The summed E-state index contributed by atoms with van der Waals surface area (Å²) in [4.78, 5) is 16.3. The molecule has 26 heavy (non-hydrogen) atoms. The summed E-state index contributed by atoms with van der Waals surface area (Å²) in [5, 5.41) is 10.7. The van der Waals surface area contributed by atoms with E-state index in [4.69, 9.17) is 0 Å². The summed E-state index contributed by atoms with van der Waals surface area (Å²) in [5.41, 5.74) is 0.665. The molecule has 1 N–H and O–H groups in total. The highest BCUT2D eigenvalue weighted by molar-refractivity contribution is 5.93. The molecule has 0 spiro atoms.